The Labute approximate surface area is 154 Å². The lowest BCUT2D eigenvalue weighted by Crippen LogP contribution is -2.13. The van der Waals surface area contributed by atoms with E-state index >= 15 is 0 Å². The Bertz CT molecular complexity index is 972. The van der Waals surface area contributed by atoms with Crippen LogP contribution in [0.2, 0.25) is 0 Å². The molecule has 3 aromatic rings. The maximum Gasteiger partial charge on any atom is 0.164 e. The van der Waals surface area contributed by atoms with Crippen LogP contribution in [0.25, 0.3) is 0 Å². The van der Waals surface area contributed by atoms with Crippen LogP contribution in [-0.2, 0) is 0 Å². The first-order valence-electron chi connectivity index (χ1n) is 8.36. The van der Waals surface area contributed by atoms with Crippen molar-refractivity contribution < 1.29 is 22.0 Å². The van der Waals surface area contributed by atoms with Crippen molar-refractivity contribution in [2.24, 2.45) is 0 Å². The molecule has 0 heterocycles. The van der Waals surface area contributed by atoms with E-state index in [2.05, 4.69) is 0 Å². The molecule has 5 heteroatoms. The van der Waals surface area contributed by atoms with Crippen LogP contribution in [-0.4, -0.2) is 0 Å². The van der Waals surface area contributed by atoms with E-state index in [-0.39, 0.29) is 11.1 Å². The van der Waals surface area contributed by atoms with Gasteiger partial charge in [0, 0.05) is 17.0 Å². The smallest absolute Gasteiger partial charge is 0.164 e. The predicted octanol–water partition coefficient (Wildman–Crippen LogP) is 6.49. The van der Waals surface area contributed by atoms with Crippen molar-refractivity contribution in [3.8, 4) is 0 Å². The number of benzene rings is 3. The van der Waals surface area contributed by atoms with Crippen molar-refractivity contribution in [1.82, 2.24) is 0 Å². The lowest BCUT2D eigenvalue weighted by molar-refractivity contribution is 0.472. The summed E-state index contributed by atoms with van der Waals surface area (Å²) in [4.78, 5) is 0. The zero-order valence-corrected chi connectivity index (χ0v) is 15.0. The highest BCUT2D eigenvalue weighted by Gasteiger charge is 2.29. The normalized spacial score (nSPS) is 11.3. The summed E-state index contributed by atoms with van der Waals surface area (Å²) in [5, 5.41) is 0. The van der Waals surface area contributed by atoms with Gasteiger partial charge in [-0.05, 0) is 61.2 Å². The minimum atomic E-state index is -1.37. The third-order valence-corrected chi connectivity index (χ3v) is 4.66. The largest absolute Gasteiger partial charge is 0.207 e. The molecule has 0 aliphatic rings. The van der Waals surface area contributed by atoms with E-state index in [0.29, 0.717) is 11.1 Å². The van der Waals surface area contributed by atoms with Gasteiger partial charge >= 0.3 is 0 Å². The zero-order valence-electron chi connectivity index (χ0n) is 15.0. The van der Waals surface area contributed by atoms with Gasteiger partial charge in [-0.15, -0.1) is 0 Å². The summed E-state index contributed by atoms with van der Waals surface area (Å²) < 4.78 is 72.3. The highest BCUT2D eigenvalue weighted by molar-refractivity contribution is 5.47. The molecule has 140 valence electrons. The number of hydrogen-bond donors (Lipinski definition) is 0. The Kier molecular flexibility index (Phi) is 5.05. The molecular weight excluding hydrogens is 359 g/mol. The van der Waals surface area contributed by atoms with E-state index in [1.165, 1.54) is 24.3 Å². The molecule has 3 aromatic carbocycles. The minimum absolute atomic E-state index is 0.0649. The Hall–Kier alpha value is -2.69. The van der Waals surface area contributed by atoms with Crippen molar-refractivity contribution in [2.75, 3.05) is 0 Å². The lowest BCUT2D eigenvalue weighted by Gasteiger charge is -2.22. The molecule has 0 nitrogen and oxygen atoms in total. The molecule has 0 bridgehead atoms. The van der Waals surface area contributed by atoms with Crippen LogP contribution in [0.1, 0.15) is 39.3 Å². The molecule has 27 heavy (non-hydrogen) atoms. The van der Waals surface area contributed by atoms with E-state index in [4.69, 9.17) is 0 Å². The Morgan fingerprint density at radius 2 is 1.04 bits per heavy atom. The molecule has 0 unspecified atom stereocenters. The summed E-state index contributed by atoms with van der Waals surface area (Å²) in [7, 11) is 0. The molecule has 0 atom stereocenters. The van der Waals surface area contributed by atoms with E-state index in [1.54, 1.807) is 26.0 Å². The van der Waals surface area contributed by atoms with Gasteiger partial charge in [-0.25, -0.2) is 22.0 Å². The van der Waals surface area contributed by atoms with E-state index in [9.17, 15) is 22.0 Å². The Morgan fingerprint density at radius 1 is 0.556 bits per heavy atom. The number of rotatable bonds is 3. The van der Waals surface area contributed by atoms with Crippen LogP contribution in [0.4, 0.5) is 22.0 Å². The van der Waals surface area contributed by atoms with Gasteiger partial charge in [0.25, 0.3) is 0 Å². The third-order valence-electron chi connectivity index (χ3n) is 4.66. The van der Waals surface area contributed by atoms with Crippen molar-refractivity contribution in [1.29, 1.82) is 0 Å². The summed E-state index contributed by atoms with van der Waals surface area (Å²) in [6.07, 6.45) is 0. The molecule has 0 fully saturated rings. The number of hydrogen-bond acceptors (Lipinski definition) is 0. The van der Waals surface area contributed by atoms with Crippen molar-refractivity contribution in [3.05, 3.63) is 105 Å². The van der Waals surface area contributed by atoms with E-state index < -0.39 is 46.1 Å². The quantitative estimate of drug-likeness (QED) is 0.279. The van der Waals surface area contributed by atoms with E-state index in [1.807, 2.05) is 0 Å². The summed E-state index contributed by atoms with van der Waals surface area (Å²) in [6.45, 7) is 4.44. The highest BCUT2D eigenvalue weighted by atomic mass is 19.2. The molecular formula is C22H17F5. The molecule has 0 saturated heterocycles. The van der Waals surface area contributed by atoms with Gasteiger partial charge in [-0.2, -0.15) is 0 Å². The molecule has 0 spiro atoms. The fraction of sp³-hybridized carbons (Fsp3) is 0.182. The molecule has 0 radical (unpaired) electrons. The average Bonchev–Trinajstić information content (AvgIpc) is 2.60. The van der Waals surface area contributed by atoms with Gasteiger partial charge < -0.3 is 0 Å². The standard InChI is InChI=1S/C22H17F5/c1-11-4-6-14(18(24)8-11)20(15-7-5-12(2)9-19(15)25)16-10-17(23)13(3)21(26)22(16)27/h4-10,20H,1-3H3. The minimum Gasteiger partial charge on any atom is -0.207 e. The molecule has 3 rings (SSSR count). The fourth-order valence-electron chi connectivity index (χ4n) is 3.15. The van der Waals surface area contributed by atoms with E-state index in [0.717, 1.165) is 13.0 Å². The van der Waals surface area contributed by atoms with Crippen LogP contribution in [0.3, 0.4) is 0 Å². The van der Waals surface area contributed by atoms with Gasteiger partial charge in [0.2, 0.25) is 0 Å². The first-order valence-corrected chi connectivity index (χ1v) is 8.36. The maximum atomic E-state index is 14.7. The molecule has 0 N–H and O–H groups in total. The molecule has 0 saturated carbocycles. The number of aryl methyl sites for hydroxylation is 2. The van der Waals surface area contributed by atoms with Gasteiger partial charge in [0.15, 0.2) is 11.6 Å². The van der Waals surface area contributed by atoms with Crippen molar-refractivity contribution in [2.45, 2.75) is 26.7 Å². The monoisotopic (exact) mass is 376 g/mol. The van der Waals surface area contributed by atoms with Gasteiger partial charge in [0.05, 0.1) is 0 Å². The SMILES string of the molecule is Cc1ccc(C(c2ccc(C)cc2F)c2cc(F)c(C)c(F)c2F)c(F)c1. The Balaban J connectivity index is 2.35. The van der Waals surface area contributed by atoms with Gasteiger partial charge in [0.1, 0.15) is 17.5 Å². The zero-order chi connectivity index (χ0) is 19.9. The first-order chi connectivity index (χ1) is 12.7. The van der Waals surface area contributed by atoms with Crippen LogP contribution in [0, 0.1) is 49.9 Å². The molecule has 0 aliphatic heterocycles. The predicted molar refractivity (Wildman–Crippen MR) is 94.3 cm³/mol. The van der Waals surface area contributed by atoms with Crippen LogP contribution < -0.4 is 0 Å². The van der Waals surface area contributed by atoms with Crippen LogP contribution in [0.15, 0.2) is 42.5 Å². The molecule has 0 aromatic heterocycles. The van der Waals surface area contributed by atoms with Crippen molar-refractivity contribution >= 4 is 0 Å². The third kappa shape index (κ3) is 3.46. The number of halogens is 5. The Morgan fingerprint density at radius 3 is 1.48 bits per heavy atom. The second kappa shape index (κ2) is 7.14. The highest BCUT2D eigenvalue weighted by Crippen LogP contribution is 2.38. The molecule has 0 amide bonds. The van der Waals surface area contributed by atoms with Crippen molar-refractivity contribution in [3.63, 3.8) is 0 Å². The average molecular weight is 376 g/mol. The lowest BCUT2D eigenvalue weighted by atomic mass is 9.83. The van der Waals surface area contributed by atoms with Gasteiger partial charge in [-0.1, -0.05) is 24.3 Å². The topological polar surface area (TPSA) is 0 Å². The van der Waals surface area contributed by atoms with Gasteiger partial charge in [-0.3, -0.25) is 0 Å². The van der Waals surface area contributed by atoms with Crippen LogP contribution in [0.5, 0.6) is 0 Å². The summed E-state index contributed by atoms with van der Waals surface area (Å²) in [5.74, 6) is -6.42. The summed E-state index contributed by atoms with van der Waals surface area (Å²) in [6, 6.07) is 9.15. The fourth-order valence-corrected chi connectivity index (χ4v) is 3.15. The summed E-state index contributed by atoms with van der Waals surface area (Å²) >= 11 is 0. The second-order valence-electron chi connectivity index (χ2n) is 6.68. The first kappa shape index (κ1) is 19.1. The molecule has 0 aliphatic carbocycles. The van der Waals surface area contributed by atoms with Crippen LogP contribution >= 0.6 is 0 Å². The summed E-state index contributed by atoms with van der Waals surface area (Å²) in [5.41, 5.74) is 0.155. The maximum absolute atomic E-state index is 14.7. The second-order valence-corrected chi connectivity index (χ2v) is 6.68.